The predicted molar refractivity (Wildman–Crippen MR) is 101 cm³/mol. The van der Waals surface area contributed by atoms with Crippen LogP contribution in [0.25, 0.3) is 11.0 Å². The van der Waals surface area contributed by atoms with Gasteiger partial charge < -0.3 is 15.4 Å². The zero-order valence-electron chi connectivity index (χ0n) is 14.9. The molecule has 0 aliphatic carbocycles. The second-order valence-corrected chi connectivity index (χ2v) is 6.21. The Morgan fingerprint density at radius 3 is 2.62 bits per heavy atom. The minimum Gasteiger partial charge on any atom is -0.497 e. The van der Waals surface area contributed by atoms with E-state index in [1.165, 1.54) is 0 Å². The number of hydrogen-bond donors (Lipinski definition) is 2. The molecule has 0 radical (unpaired) electrons. The maximum Gasteiger partial charge on any atom is 0.251 e. The molecule has 132 valence electrons. The molecular formula is C20H20N4O2. The number of nitrogens with one attached hydrogen (secondary N) is 2. The summed E-state index contributed by atoms with van der Waals surface area (Å²) >= 11 is 0. The van der Waals surface area contributed by atoms with Crippen LogP contribution in [0.4, 0.5) is 5.95 Å². The van der Waals surface area contributed by atoms with Crippen molar-refractivity contribution in [3.8, 4) is 5.75 Å². The molecule has 1 amide bonds. The van der Waals surface area contributed by atoms with E-state index in [-0.39, 0.29) is 11.9 Å². The molecule has 0 spiro atoms. The number of hydrogen-bond acceptors (Lipinski definition) is 4. The van der Waals surface area contributed by atoms with Gasteiger partial charge in [0.05, 0.1) is 29.8 Å². The largest absolute Gasteiger partial charge is 0.497 e. The summed E-state index contributed by atoms with van der Waals surface area (Å²) in [6.45, 7) is 1.91. The van der Waals surface area contributed by atoms with Gasteiger partial charge in [-0.3, -0.25) is 9.36 Å². The topological polar surface area (TPSA) is 68.2 Å². The van der Waals surface area contributed by atoms with Crippen LogP contribution in [0.2, 0.25) is 0 Å². The zero-order valence-corrected chi connectivity index (χ0v) is 14.9. The first-order chi connectivity index (χ1) is 12.6. The van der Waals surface area contributed by atoms with Gasteiger partial charge in [0.1, 0.15) is 5.75 Å². The van der Waals surface area contributed by atoms with Crippen LogP contribution in [0, 0.1) is 0 Å². The number of amides is 1. The third-order valence-electron chi connectivity index (χ3n) is 4.73. The summed E-state index contributed by atoms with van der Waals surface area (Å²) in [7, 11) is 3.29. The van der Waals surface area contributed by atoms with Crippen molar-refractivity contribution in [2.45, 2.75) is 13.0 Å². The molecule has 2 N–H and O–H groups in total. The number of para-hydroxylation sites is 2. The van der Waals surface area contributed by atoms with Gasteiger partial charge in [-0.2, -0.15) is 0 Å². The number of allylic oxidation sites excluding steroid dienone is 1. The summed E-state index contributed by atoms with van der Waals surface area (Å²) in [5, 5.41) is 6.05. The van der Waals surface area contributed by atoms with Crippen LogP contribution in [0.1, 0.15) is 18.5 Å². The lowest BCUT2D eigenvalue weighted by molar-refractivity contribution is -0.117. The summed E-state index contributed by atoms with van der Waals surface area (Å²) in [5.41, 5.74) is 4.33. The minimum atomic E-state index is -0.274. The van der Waals surface area contributed by atoms with Gasteiger partial charge in [-0.05, 0) is 36.8 Å². The highest BCUT2D eigenvalue weighted by Gasteiger charge is 2.33. The second kappa shape index (κ2) is 6.22. The molecule has 3 aromatic rings. The molecule has 4 rings (SSSR count). The Hall–Kier alpha value is -3.28. The van der Waals surface area contributed by atoms with Crippen molar-refractivity contribution < 1.29 is 9.53 Å². The molecule has 0 fully saturated rings. The van der Waals surface area contributed by atoms with Gasteiger partial charge in [0, 0.05) is 12.7 Å². The summed E-state index contributed by atoms with van der Waals surface area (Å²) in [6.07, 6.45) is 0. The Bertz CT molecular complexity index is 1020. The van der Waals surface area contributed by atoms with Crippen LogP contribution in [-0.4, -0.2) is 29.6 Å². The lowest BCUT2D eigenvalue weighted by Gasteiger charge is -2.30. The lowest BCUT2D eigenvalue weighted by Crippen LogP contribution is -2.33. The van der Waals surface area contributed by atoms with Crippen LogP contribution in [0.3, 0.4) is 0 Å². The number of carbonyl (C=O) groups is 1. The summed E-state index contributed by atoms with van der Waals surface area (Å²) in [5.74, 6) is 1.40. The highest BCUT2D eigenvalue weighted by molar-refractivity contribution is 5.97. The zero-order chi connectivity index (χ0) is 18.3. The van der Waals surface area contributed by atoms with Crippen molar-refractivity contribution in [3.05, 3.63) is 65.4 Å². The standard InChI is InChI=1S/C20H20N4O2/c1-12-17(19(25)21-2)18(13-8-10-14(26-3)11-9-13)24-16-7-5-4-6-15(16)23-20(24)22-12/h4-11,18H,1-3H3,(H,21,25)(H,22,23)/t18-/m0/s1. The Labute approximate surface area is 151 Å². The Balaban J connectivity index is 1.97. The van der Waals surface area contributed by atoms with Gasteiger partial charge >= 0.3 is 0 Å². The van der Waals surface area contributed by atoms with E-state index in [1.54, 1.807) is 14.2 Å². The molecule has 0 bridgehead atoms. The molecule has 2 aromatic carbocycles. The molecule has 1 aliphatic rings. The average molecular weight is 348 g/mol. The van der Waals surface area contributed by atoms with Gasteiger partial charge in [0.2, 0.25) is 5.95 Å². The van der Waals surface area contributed by atoms with Gasteiger partial charge in [-0.1, -0.05) is 24.3 Å². The monoisotopic (exact) mass is 348 g/mol. The van der Waals surface area contributed by atoms with Crippen LogP contribution in [0.15, 0.2) is 59.8 Å². The summed E-state index contributed by atoms with van der Waals surface area (Å²) in [6, 6.07) is 15.5. The quantitative estimate of drug-likeness (QED) is 0.763. The maximum absolute atomic E-state index is 12.7. The van der Waals surface area contributed by atoms with Crippen molar-refractivity contribution in [1.82, 2.24) is 14.9 Å². The number of anilines is 1. The number of likely N-dealkylation sites (N-methyl/N-ethyl adjacent to an activating group) is 1. The fourth-order valence-corrected chi connectivity index (χ4v) is 3.49. The van der Waals surface area contributed by atoms with Crippen molar-refractivity contribution in [1.29, 1.82) is 0 Å². The van der Waals surface area contributed by atoms with Gasteiger partial charge in [0.25, 0.3) is 5.91 Å². The Morgan fingerprint density at radius 2 is 1.92 bits per heavy atom. The molecular weight excluding hydrogens is 328 g/mol. The highest BCUT2D eigenvalue weighted by atomic mass is 16.5. The lowest BCUT2D eigenvalue weighted by atomic mass is 9.94. The number of aromatic nitrogens is 2. The predicted octanol–water partition coefficient (Wildman–Crippen LogP) is 3.08. The average Bonchev–Trinajstić information content (AvgIpc) is 3.04. The van der Waals surface area contributed by atoms with Gasteiger partial charge in [-0.15, -0.1) is 0 Å². The van der Waals surface area contributed by atoms with Crippen molar-refractivity contribution in [2.75, 3.05) is 19.5 Å². The Kier molecular flexibility index (Phi) is 3.88. The van der Waals surface area contributed by atoms with E-state index in [1.807, 2.05) is 55.5 Å². The first-order valence-electron chi connectivity index (χ1n) is 8.45. The molecule has 1 aromatic heterocycles. The molecule has 0 saturated heterocycles. The number of fused-ring (bicyclic) bond motifs is 3. The molecule has 6 nitrogen and oxygen atoms in total. The smallest absolute Gasteiger partial charge is 0.251 e. The van der Waals surface area contributed by atoms with E-state index in [2.05, 4.69) is 15.2 Å². The molecule has 0 unspecified atom stereocenters. The second-order valence-electron chi connectivity index (χ2n) is 6.21. The third-order valence-corrected chi connectivity index (χ3v) is 4.73. The van der Waals surface area contributed by atoms with Crippen LogP contribution >= 0.6 is 0 Å². The van der Waals surface area contributed by atoms with E-state index in [0.717, 1.165) is 34.0 Å². The summed E-state index contributed by atoms with van der Waals surface area (Å²) in [4.78, 5) is 17.4. The van der Waals surface area contributed by atoms with Crippen LogP contribution < -0.4 is 15.4 Å². The van der Waals surface area contributed by atoms with E-state index in [9.17, 15) is 4.79 Å². The first kappa shape index (κ1) is 16.2. The molecule has 2 heterocycles. The van der Waals surface area contributed by atoms with E-state index in [0.29, 0.717) is 5.57 Å². The van der Waals surface area contributed by atoms with Crippen LogP contribution in [-0.2, 0) is 4.79 Å². The molecule has 26 heavy (non-hydrogen) atoms. The number of benzene rings is 2. The van der Waals surface area contributed by atoms with E-state index >= 15 is 0 Å². The third kappa shape index (κ3) is 2.42. The number of carbonyl (C=O) groups excluding carboxylic acids is 1. The van der Waals surface area contributed by atoms with E-state index < -0.39 is 0 Å². The number of methoxy groups -OCH3 is 1. The molecule has 1 aliphatic heterocycles. The molecule has 6 heteroatoms. The highest BCUT2D eigenvalue weighted by Crippen LogP contribution is 2.39. The van der Waals surface area contributed by atoms with Crippen molar-refractivity contribution in [2.24, 2.45) is 0 Å². The minimum absolute atomic E-state index is 0.112. The number of ether oxygens (including phenoxy) is 1. The number of imidazole rings is 1. The number of rotatable bonds is 3. The van der Waals surface area contributed by atoms with Gasteiger partial charge in [-0.25, -0.2) is 4.98 Å². The Morgan fingerprint density at radius 1 is 1.19 bits per heavy atom. The van der Waals surface area contributed by atoms with Crippen LogP contribution in [0.5, 0.6) is 5.75 Å². The van der Waals surface area contributed by atoms with Gasteiger partial charge in [0.15, 0.2) is 0 Å². The SMILES string of the molecule is CNC(=O)C1=C(C)Nc2nc3ccccc3n2[C@H]1c1ccc(OC)cc1. The van der Waals surface area contributed by atoms with Crippen molar-refractivity contribution >= 4 is 22.9 Å². The molecule has 0 saturated carbocycles. The fraction of sp³-hybridized carbons (Fsp3) is 0.200. The normalized spacial score (nSPS) is 16.2. The maximum atomic E-state index is 12.7. The van der Waals surface area contributed by atoms with E-state index in [4.69, 9.17) is 9.72 Å². The number of nitrogens with zero attached hydrogens (tertiary/aromatic N) is 2. The fourth-order valence-electron chi connectivity index (χ4n) is 3.49. The first-order valence-corrected chi connectivity index (χ1v) is 8.45. The summed E-state index contributed by atoms with van der Waals surface area (Å²) < 4.78 is 7.35. The molecule has 1 atom stereocenters. The van der Waals surface area contributed by atoms with Crippen molar-refractivity contribution in [3.63, 3.8) is 0 Å².